The van der Waals surface area contributed by atoms with E-state index in [1.54, 1.807) is 7.11 Å². The predicted octanol–water partition coefficient (Wildman–Crippen LogP) is 1.29. The molecule has 1 aromatic carbocycles. The fourth-order valence-corrected chi connectivity index (χ4v) is 1.64. The molecule has 0 heterocycles. The van der Waals surface area contributed by atoms with E-state index in [0.717, 1.165) is 12.0 Å². The highest BCUT2D eigenvalue weighted by atomic mass is 16.5. The third-order valence-electron chi connectivity index (χ3n) is 2.79. The maximum atomic E-state index is 11.7. The number of nitrogens with one attached hydrogen (secondary N) is 1. The summed E-state index contributed by atoms with van der Waals surface area (Å²) in [7, 11) is 1.59. The number of carbonyl (C=O) groups excluding carboxylic acids is 1. The van der Waals surface area contributed by atoms with Crippen molar-refractivity contribution in [1.82, 2.24) is 0 Å². The highest BCUT2D eigenvalue weighted by Crippen LogP contribution is 2.31. The number of carbonyl (C=O) groups is 1. The van der Waals surface area contributed by atoms with Crippen molar-refractivity contribution < 1.29 is 9.53 Å². The van der Waals surface area contributed by atoms with Crippen molar-refractivity contribution in [1.29, 1.82) is 0 Å². The maximum Gasteiger partial charge on any atom is 0.229 e. The Bertz CT molecular complexity index is 417. The van der Waals surface area contributed by atoms with Gasteiger partial charge in [0.25, 0.3) is 0 Å². The first-order valence-corrected chi connectivity index (χ1v) is 5.33. The second-order valence-corrected chi connectivity index (χ2v) is 4.20. The topological polar surface area (TPSA) is 64.3 Å². The van der Waals surface area contributed by atoms with Crippen molar-refractivity contribution in [3.63, 3.8) is 0 Å². The van der Waals surface area contributed by atoms with Crippen molar-refractivity contribution in [2.75, 3.05) is 12.4 Å². The molecule has 2 unspecified atom stereocenters. The zero-order valence-electron chi connectivity index (χ0n) is 9.49. The van der Waals surface area contributed by atoms with Gasteiger partial charge in [0.1, 0.15) is 5.75 Å². The molecule has 2 rings (SSSR count). The molecule has 1 saturated carbocycles. The van der Waals surface area contributed by atoms with Gasteiger partial charge in [-0.15, -0.1) is 0 Å². The third-order valence-corrected chi connectivity index (χ3v) is 2.79. The van der Waals surface area contributed by atoms with Crippen LogP contribution in [-0.2, 0) is 4.79 Å². The van der Waals surface area contributed by atoms with E-state index < -0.39 is 0 Å². The summed E-state index contributed by atoms with van der Waals surface area (Å²) >= 11 is 0. The van der Waals surface area contributed by atoms with Gasteiger partial charge in [0, 0.05) is 6.04 Å². The Morgan fingerprint density at radius 2 is 2.25 bits per heavy atom. The molecule has 4 nitrogen and oxygen atoms in total. The van der Waals surface area contributed by atoms with Crippen LogP contribution in [0.5, 0.6) is 5.75 Å². The smallest absolute Gasteiger partial charge is 0.229 e. The average Bonchev–Trinajstić information content (AvgIpc) is 2.98. The number of nitrogens with two attached hydrogens (primary N) is 1. The van der Waals surface area contributed by atoms with E-state index in [-0.39, 0.29) is 17.9 Å². The molecule has 3 N–H and O–H groups in total. The Morgan fingerprint density at radius 3 is 2.81 bits per heavy atom. The minimum Gasteiger partial charge on any atom is -0.495 e. The molecule has 4 heteroatoms. The molecule has 86 valence electrons. The minimum atomic E-state index is -0.0361. The molecule has 16 heavy (non-hydrogen) atoms. The molecule has 1 fully saturated rings. The number of hydrogen-bond donors (Lipinski definition) is 2. The summed E-state index contributed by atoms with van der Waals surface area (Å²) in [6, 6.07) is 5.70. The van der Waals surface area contributed by atoms with Crippen LogP contribution >= 0.6 is 0 Å². The Morgan fingerprint density at radius 1 is 1.56 bits per heavy atom. The average molecular weight is 220 g/mol. The lowest BCUT2D eigenvalue weighted by molar-refractivity contribution is -0.117. The van der Waals surface area contributed by atoms with E-state index in [9.17, 15) is 4.79 Å². The first-order valence-electron chi connectivity index (χ1n) is 5.33. The summed E-state index contributed by atoms with van der Waals surface area (Å²) in [6.07, 6.45) is 0.778. The molecule has 0 aliphatic heterocycles. The number of benzene rings is 1. The van der Waals surface area contributed by atoms with E-state index in [1.807, 2.05) is 25.1 Å². The van der Waals surface area contributed by atoms with Gasteiger partial charge >= 0.3 is 0 Å². The quantitative estimate of drug-likeness (QED) is 0.806. The van der Waals surface area contributed by atoms with E-state index in [4.69, 9.17) is 10.5 Å². The summed E-state index contributed by atoms with van der Waals surface area (Å²) in [6.45, 7) is 1.98. The summed E-state index contributed by atoms with van der Waals surface area (Å²) < 4.78 is 5.21. The van der Waals surface area contributed by atoms with Gasteiger partial charge in [0.15, 0.2) is 0 Å². The Balaban J connectivity index is 2.11. The first-order chi connectivity index (χ1) is 7.61. The van der Waals surface area contributed by atoms with Crippen LogP contribution in [-0.4, -0.2) is 19.1 Å². The molecular formula is C12H16N2O2. The van der Waals surface area contributed by atoms with Gasteiger partial charge in [-0.2, -0.15) is 0 Å². The summed E-state index contributed by atoms with van der Waals surface area (Å²) in [5.41, 5.74) is 7.42. The molecule has 0 radical (unpaired) electrons. The standard InChI is InChI=1S/C12H16N2O2/c1-7-3-4-10(11(5-7)16-2)14-12(15)8-6-9(8)13/h3-5,8-9H,6,13H2,1-2H3,(H,14,15). The summed E-state index contributed by atoms with van der Waals surface area (Å²) in [4.78, 5) is 11.7. The van der Waals surface area contributed by atoms with E-state index in [1.165, 1.54) is 0 Å². The van der Waals surface area contributed by atoms with Crippen LogP contribution in [0.15, 0.2) is 18.2 Å². The Kier molecular flexibility index (Phi) is 2.83. The molecule has 0 saturated heterocycles. The number of anilines is 1. The molecule has 0 spiro atoms. The third kappa shape index (κ3) is 2.17. The normalized spacial score (nSPS) is 22.7. The fourth-order valence-electron chi connectivity index (χ4n) is 1.64. The number of rotatable bonds is 3. The molecule has 2 atom stereocenters. The second-order valence-electron chi connectivity index (χ2n) is 4.20. The van der Waals surface area contributed by atoms with Crippen molar-refractivity contribution in [3.05, 3.63) is 23.8 Å². The highest BCUT2D eigenvalue weighted by molar-refractivity contribution is 5.96. The minimum absolute atomic E-state index is 0.0188. The van der Waals surface area contributed by atoms with Gasteiger partial charge in [-0.3, -0.25) is 4.79 Å². The zero-order valence-corrected chi connectivity index (χ0v) is 9.49. The van der Waals surface area contributed by atoms with E-state index >= 15 is 0 Å². The van der Waals surface area contributed by atoms with E-state index in [0.29, 0.717) is 11.4 Å². The monoisotopic (exact) mass is 220 g/mol. The second kappa shape index (κ2) is 4.14. The van der Waals surface area contributed by atoms with Crippen LogP contribution in [0.4, 0.5) is 5.69 Å². The summed E-state index contributed by atoms with van der Waals surface area (Å²) in [5, 5.41) is 2.84. The highest BCUT2D eigenvalue weighted by Gasteiger charge is 2.40. The molecule has 0 bridgehead atoms. The number of aryl methyl sites for hydroxylation is 1. The largest absolute Gasteiger partial charge is 0.495 e. The lowest BCUT2D eigenvalue weighted by atomic mass is 10.2. The van der Waals surface area contributed by atoms with Crippen LogP contribution in [0.1, 0.15) is 12.0 Å². The lowest BCUT2D eigenvalue weighted by Crippen LogP contribution is -2.18. The predicted molar refractivity (Wildman–Crippen MR) is 62.4 cm³/mol. The van der Waals surface area contributed by atoms with Gasteiger partial charge in [-0.1, -0.05) is 6.07 Å². The maximum absolute atomic E-state index is 11.7. The van der Waals surface area contributed by atoms with Crippen molar-refractivity contribution >= 4 is 11.6 Å². The number of ether oxygens (including phenoxy) is 1. The molecule has 1 aliphatic rings. The van der Waals surface area contributed by atoms with Crippen LogP contribution in [0, 0.1) is 12.8 Å². The fraction of sp³-hybridized carbons (Fsp3) is 0.417. The Hall–Kier alpha value is -1.55. The van der Waals surface area contributed by atoms with Crippen molar-refractivity contribution in [2.24, 2.45) is 11.7 Å². The number of methoxy groups -OCH3 is 1. The summed E-state index contributed by atoms with van der Waals surface area (Å²) in [5.74, 6) is 0.628. The number of amides is 1. The van der Waals surface area contributed by atoms with E-state index in [2.05, 4.69) is 5.32 Å². The van der Waals surface area contributed by atoms with Crippen LogP contribution in [0.2, 0.25) is 0 Å². The Labute approximate surface area is 94.8 Å². The molecule has 1 amide bonds. The van der Waals surface area contributed by atoms with Gasteiger partial charge in [0.2, 0.25) is 5.91 Å². The first kappa shape index (κ1) is 11.0. The van der Waals surface area contributed by atoms with Crippen LogP contribution in [0.25, 0.3) is 0 Å². The van der Waals surface area contributed by atoms with Crippen LogP contribution in [0.3, 0.4) is 0 Å². The molecular weight excluding hydrogens is 204 g/mol. The number of hydrogen-bond acceptors (Lipinski definition) is 3. The lowest BCUT2D eigenvalue weighted by Gasteiger charge is -2.10. The SMILES string of the molecule is COc1cc(C)ccc1NC(=O)C1CC1N. The molecule has 1 aromatic rings. The van der Waals surface area contributed by atoms with Gasteiger partial charge in [0.05, 0.1) is 18.7 Å². The van der Waals surface area contributed by atoms with Gasteiger partial charge in [-0.25, -0.2) is 0 Å². The van der Waals surface area contributed by atoms with Gasteiger partial charge < -0.3 is 15.8 Å². The zero-order chi connectivity index (χ0) is 11.7. The molecule has 1 aliphatic carbocycles. The van der Waals surface area contributed by atoms with Crippen molar-refractivity contribution in [2.45, 2.75) is 19.4 Å². The molecule has 0 aromatic heterocycles. The van der Waals surface area contributed by atoms with Crippen molar-refractivity contribution in [3.8, 4) is 5.75 Å². The van der Waals surface area contributed by atoms with Gasteiger partial charge in [-0.05, 0) is 31.0 Å². The van der Waals surface area contributed by atoms with Crippen LogP contribution < -0.4 is 15.8 Å².